The molecule has 1 aliphatic carbocycles. The van der Waals surface area contributed by atoms with Crippen LogP contribution in [0, 0.1) is 11.8 Å². The number of para-hydroxylation sites is 1. The van der Waals surface area contributed by atoms with E-state index in [9.17, 15) is 16.8 Å². The molecule has 34 heavy (non-hydrogen) atoms. The van der Waals surface area contributed by atoms with Gasteiger partial charge in [0.1, 0.15) is 0 Å². The number of hydrogen-bond donors (Lipinski definition) is 2. The fourth-order valence-corrected chi connectivity index (χ4v) is 7.25. The molecule has 9 heteroatoms. The van der Waals surface area contributed by atoms with Crippen molar-refractivity contribution in [2.24, 2.45) is 11.8 Å². The van der Waals surface area contributed by atoms with Crippen LogP contribution in [0.2, 0.25) is 0 Å². The van der Waals surface area contributed by atoms with Crippen LogP contribution in [0.4, 0.5) is 11.4 Å². The zero-order valence-corrected chi connectivity index (χ0v) is 21.6. The van der Waals surface area contributed by atoms with Gasteiger partial charge in [-0.3, -0.25) is 9.03 Å². The summed E-state index contributed by atoms with van der Waals surface area (Å²) in [6.07, 6.45) is 8.28. The largest absolute Gasteiger partial charge is 0.312 e. The molecule has 7 nitrogen and oxygen atoms in total. The second-order valence-electron chi connectivity index (χ2n) is 9.64. The van der Waals surface area contributed by atoms with Crippen LogP contribution >= 0.6 is 0 Å². The lowest BCUT2D eigenvalue weighted by atomic mass is 9.81. The topological polar surface area (TPSA) is 95.6 Å². The Labute approximate surface area is 204 Å². The quantitative estimate of drug-likeness (QED) is 0.535. The molecule has 1 atom stereocenters. The van der Waals surface area contributed by atoms with Gasteiger partial charge in [0.25, 0.3) is 10.0 Å². The first-order valence-corrected chi connectivity index (χ1v) is 15.4. The SMILES string of the molecule is CC(CNCc1ccccc1NS(=O)(=O)c1ccc2c(c1)CCN2S(C)(=O)=O)C1CCCCC1. The Morgan fingerprint density at radius 2 is 1.76 bits per heavy atom. The summed E-state index contributed by atoms with van der Waals surface area (Å²) in [6, 6.07) is 12.1. The lowest BCUT2D eigenvalue weighted by Gasteiger charge is -2.28. The molecule has 0 radical (unpaired) electrons. The first kappa shape index (κ1) is 25.0. The third kappa shape index (κ3) is 5.75. The second-order valence-corrected chi connectivity index (χ2v) is 13.2. The van der Waals surface area contributed by atoms with Crippen molar-refractivity contribution in [2.75, 3.05) is 28.4 Å². The van der Waals surface area contributed by atoms with E-state index in [-0.39, 0.29) is 4.90 Å². The molecular weight excluding hydrogens is 470 g/mol. The van der Waals surface area contributed by atoms with E-state index in [1.165, 1.54) is 42.5 Å². The van der Waals surface area contributed by atoms with Crippen molar-refractivity contribution in [1.29, 1.82) is 0 Å². The third-order valence-electron chi connectivity index (χ3n) is 7.11. The van der Waals surface area contributed by atoms with Crippen LogP contribution in [0.15, 0.2) is 47.4 Å². The van der Waals surface area contributed by atoms with Crippen LogP contribution in [0.3, 0.4) is 0 Å². The van der Waals surface area contributed by atoms with E-state index in [0.717, 1.165) is 29.8 Å². The van der Waals surface area contributed by atoms with Gasteiger partial charge >= 0.3 is 0 Å². The first-order valence-electron chi connectivity index (χ1n) is 12.1. The summed E-state index contributed by atoms with van der Waals surface area (Å²) < 4.78 is 54.3. The molecule has 2 aliphatic rings. The van der Waals surface area contributed by atoms with Crippen molar-refractivity contribution in [2.45, 2.75) is 56.9 Å². The predicted molar refractivity (Wildman–Crippen MR) is 137 cm³/mol. The monoisotopic (exact) mass is 505 g/mol. The van der Waals surface area contributed by atoms with Gasteiger partial charge in [0, 0.05) is 13.1 Å². The normalized spacial score (nSPS) is 18.0. The van der Waals surface area contributed by atoms with Crippen LogP contribution in [0.1, 0.15) is 50.2 Å². The molecule has 0 bridgehead atoms. The van der Waals surface area contributed by atoms with E-state index in [4.69, 9.17) is 0 Å². The van der Waals surface area contributed by atoms with Crippen molar-refractivity contribution in [3.63, 3.8) is 0 Å². The number of sulfonamides is 2. The molecule has 1 saturated carbocycles. The Balaban J connectivity index is 1.44. The van der Waals surface area contributed by atoms with Gasteiger partial charge in [-0.15, -0.1) is 0 Å². The molecule has 0 spiro atoms. The fraction of sp³-hybridized carbons (Fsp3) is 0.520. The maximum absolute atomic E-state index is 13.2. The van der Waals surface area contributed by atoms with Crippen LogP contribution in [-0.2, 0) is 33.0 Å². The standard InChI is InChI=1S/C25H35N3O4S2/c1-19(20-8-4-3-5-9-20)17-26-18-22-10-6-7-11-24(22)27-34(31,32)23-12-13-25-21(16-23)14-15-28(25)33(2,29)30/h6-7,10-13,16,19-20,26-27H,3-5,8-9,14-15,17-18H2,1-2H3. The number of hydrogen-bond acceptors (Lipinski definition) is 5. The van der Waals surface area contributed by atoms with Crippen molar-refractivity contribution < 1.29 is 16.8 Å². The molecule has 2 aromatic carbocycles. The maximum atomic E-state index is 13.2. The van der Waals surface area contributed by atoms with Gasteiger partial charge < -0.3 is 5.32 Å². The van der Waals surface area contributed by atoms with E-state index < -0.39 is 20.0 Å². The molecular formula is C25H35N3O4S2. The third-order valence-corrected chi connectivity index (χ3v) is 9.66. The van der Waals surface area contributed by atoms with Gasteiger partial charge in [-0.1, -0.05) is 57.2 Å². The second kappa shape index (κ2) is 10.3. The number of nitrogens with zero attached hydrogens (tertiary/aromatic N) is 1. The highest BCUT2D eigenvalue weighted by molar-refractivity contribution is 7.92. The molecule has 1 fully saturated rings. The van der Waals surface area contributed by atoms with E-state index >= 15 is 0 Å². The molecule has 1 heterocycles. The van der Waals surface area contributed by atoms with Gasteiger partial charge in [0.05, 0.1) is 22.5 Å². The average molecular weight is 506 g/mol. The number of rotatable bonds is 9. The maximum Gasteiger partial charge on any atom is 0.261 e. The highest BCUT2D eigenvalue weighted by atomic mass is 32.2. The summed E-state index contributed by atoms with van der Waals surface area (Å²) in [5, 5.41) is 3.52. The highest BCUT2D eigenvalue weighted by Gasteiger charge is 2.28. The van der Waals surface area contributed by atoms with Crippen molar-refractivity contribution >= 4 is 31.4 Å². The Kier molecular flexibility index (Phi) is 7.54. The zero-order valence-electron chi connectivity index (χ0n) is 20.0. The van der Waals surface area contributed by atoms with Crippen LogP contribution < -0.4 is 14.3 Å². The molecule has 1 aliphatic heterocycles. The van der Waals surface area contributed by atoms with Crippen LogP contribution in [0.25, 0.3) is 0 Å². The minimum absolute atomic E-state index is 0.135. The van der Waals surface area contributed by atoms with Gasteiger partial charge in [0.15, 0.2) is 0 Å². The van der Waals surface area contributed by atoms with E-state index in [2.05, 4.69) is 17.0 Å². The Morgan fingerprint density at radius 3 is 2.50 bits per heavy atom. The van der Waals surface area contributed by atoms with E-state index in [1.807, 2.05) is 18.2 Å². The van der Waals surface area contributed by atoms with Crippen molar-refractivity contribution in [1.82, 2.24) is 5.32 Å². The lowest BCUT2D eigenvalue weighted by Crippen LogP contribution is -2.27. The van der Waals surface area contributed by atoms with Crippen molar-refractivity contribution in [3.8, 4) is 0 Å². The molecule has 4 rings (SSSR count). The summed E-state index contributed by atoms with van der Waals surface area (Å²) in [5.74, 6) is 1.37. The fourth-order valence-electron chi connectivity index (χ4n) is 5.14. The number of nitrogens with one attached hydrogen (secondary N) is 2. The molecule has 0 amide bonds. The summed E-state index contributed by atoms with van der Waals surface area (Å²) in [5.41, 5.74) is 2.72. The minimum Gasteiger partial charge on any atom is -0.312 e. The van der Waals surface area contributed by atoms with Gasteiger partial charge in [-0.2, -0.15) is 0 Å². The predicted octanol–water partition coefficient (Wildman–Crippen LogP) is 4.12. The number of anilines is 2. The number of benzene rings is 2. The van der Waals surface area contributed by atoms with Crippen molar-refractivity contribution in [3.05, 3.63) is 53.6 Å². The molecule has 1 unspecified atom stereocenters. The molecule has 186 valence electrons. The molecule has 0 aromatic heterocycles. The summed E-state index contributed by atoms with van der Waals surface area (Å²) >= 11 is 0. The van der Waals surface area contributed by atoms with E-state index in [1.54, 1.807) is 18.2 Å². The lowest BCUT2D eigenvalue weighted by molar-refractivity contribution is 0.256. The number of fused-ring (bicyclic) bond motifs is 1. The van der Waals surface area contributed by atoms with Gasteiger partial charge in [-0.25, -0.2) is 16.8 Å². The smallest absolute Gasteiger partial charge is 0.261 e. The van der Waals surface area contributed by atoms with Crippen LogP contribution in [0.5, 0.6) is 0 Å². The zero-order chi connectivity index (χ0) is 24.3. The minimum atomic E-state index is -3.81. The van der Waals surface area contributed by atoms with Gasteiger partial charge in [0.2, 0.25) is 10.0 Å². The summed E-state index contributed by atoms with van der Waals surface area (Å²) in [6.45, 7) is 4.13. The first-order chi connectivity index (χ1) is 16.1. The molecule has 0 saturated heterocycles. The van der Waals surface area contributed by atoms with Crippen LogP contribution in [-0.4, -0.2) is 36.2 Å². The summed E-state index contributed by atoms with van der Waals surface area (Å²) in [4.78, 5) is 0.135. The highest BCUT2D eigenvalue weighted by Crippen LogP contribution is 2.33. The summed E-state index contributed by atoms with van der Waals surface area (Å²) in [7, 11) is -7.19. The Hall–Kier alpha value is -2.10. The average Bonchev–Trinajstić information content (AvgIpc) is 3.24. The van der Waals surface area contributed by atoms with E-state index in [0.29, 0.717) is 36.8 Å². The Bertz CT molecular complexity index is 1220. The molecule has 2 N–H and O–H groups in total. The van der Waals surface area contributed by atoms with Gasteiger partial charge in [-0.05, 0) is 60.2 Å². The molecule has 2 aromatic rings. The Morgan fingerprint density at radius 1 is 1.03 bits per heavy atom.